The van der Waals surface area contributed by atoms with Gasteiger partial charge in [0.2, 0.25) is 11.8 Å². The zero-order valence-corrected chi connectivity index (χ0v) is 24.5. The van der Waals surface area contributed by atoms with E-state index in [1.54, 1.807) is 4.90 Å². The molecule has 11 nitrogen and oxygen atoms in total. The molecular formula is C27H33ClFN5O6S. The average molecular weight is 610 g/mol. The standard InChI is InChI=1S/C27H33ClFN5O6S/c1-3-15-40-27(37)21-16-22(28)25(30-23(21)17-34-12-4-5-24(34)35)33-13-10-18(11-14-33)26(36)31-41(38,39)32(2)20-8-6-19(29)7-9-20/h6-9,16,18H,3-5,10-15,17H2,1-2H3,(H,31,36). The van der Waals surface area contributed by atoms with Gasteiger partial charge in [0.05, 0.1) is 35.1 Å². The lowest BCUT2D eigenvalue weighted by molar-refractivity contribution is -0.128. The van der Waals surface area contributed by atoms with Crippen LogP contribution in [0.25, 0.3) is 0 Å². The van der Waals surface area contributed by atoms with Crippen LogP contribution in [0.5, 0.6) is 0 Å². The molecule has 2 aliphatic rings. The van der Waals surface area contributed by atoms with Crippen LogP contribution in [0, 0.1) is 11.7 Å². The van der Waals surface area contributed by atoms with Gasteiger partial charge in [-0.15, -0.1) is 0 Å². The van der Waals surface area contributed by atoms with Crippen molar-refractivity contribution >= 4 is 51.1 Å². The zero-order valence-electron chi connectivity index (χ0n) is 22.9. The van der Waals surface area contributed by atoms with Crippen molar-refractivity contribution < 1.29 is 31.9 Å². The van der Waals surface area contributed by atoms with E-state index >= 15 is 0 Å². The highest BCUT2D eigenvalue weighted by Crippen LogP contribution is 2.31. The third-order valence-corrected chi connectivity index (χ3v) is 8.82. The molecule has 0 bridgehead atoms. The molecule has 14 heteroatoms. The number of amides is 2. The lowest BCUT2D eigenvalue weighted by Gasteiger charge is -2.33. The summed E-state index contributed by atoms with van der Waals surface area (Å²) in [6, 6.07) is 6.38. The molecule has 4 rings (SSSR count). The molecule has 0 spiro atoms. The second-order valence-electron chi connectivity index (χ2n) is 10.0. The number of halogens is 2. The van der Waals surface area contributed by atoms with Gasteiger partial charge in [-0.3, -0.25) is 13.9 Å². The number of nitrogens with one attached hydrogen (secondary N) is 1. The molecule has 1 N–H and O–H groups in total. The van der Waals surface area contributed by atoms with Crippen molar-refractivity contribution in [2.75, 3.05) is 42.5 Å². The summed E-state index contributed by atoms with van der Waals surface area (Å²) in [5, 5.41) is 0.233. The summed E-state index contributed by atoms with van der Waals surface area (Å²) in [5.41, 5.74) is 0.794. The van der Waals surface area contributed by atoms with Gasteiger partial charge in [-0.2, -0.15) is 8.42 Å². The van der Waals surface area contributed by atoms with E-state index in [1.165, 1.54) is 25.2 Å². The van der Waals surface area contributed by atoms with Crippen molar-refractivity contribution in [3.05, 3.63) is 52.4 Å². The highest BCUT2D eigenvalue weighted by atomic mass is 35.5. The number of hydrogen-bond acceptors (Lipinski definition) is 8. The summed E-state index contributed by atoms with van der Waals surface area (Å²) < 4.78 is 47.0. The number of anilines is 2. The Morgan fingerprint density at radius 3 is 2.49 bits per heavy atom. The van der Waals surface area contributed by atoms with E-state index in [0.717, 1.165) is 22.9 Å². The normalized spacial score (nSPS) is 16.1. The number of piperidine rings is 1. The van der Waals surface area contributed by atoms with Gasteiger partial charge in [0.15, 0.2) is 0 Å². The number of carbonyl (C=O) groups excluding carboxylic acids is 3. The maximum absolute atomic E-state index is 13.2. The van der Waals surface area contributed by atoms with E-state index in [1.807, 2.05) is 11.8 Å². The van der Waals surface area contributed by atoms with Gasteiger partial charge >= 0.3 is 16.2 Å². The minimum Gasteiger partial charge on any atom is -0.462 e. The fraction of sp³-hybridized carbons (Fsp3) is 0.481. The molecule has 2 aromatic rings. The summed E-state index contributed by atoms with van der Waals surface area (Å²) in [6.07, 6.45) is 2.50. The van der Waals surface area contributed by atoms with Crippen LogP contribution in [0.1, 0.15) is 55.1 Å². The number of ether oxygens (including phenoxy) is 1. The molecule has 222 valence electrons. The van der Waals surface area contributed by atoms with Crippen LogP contribution >= 0.6 is 11.6 Å². The summed E-state index contributed by atoms with van der Waals surface area (Å²) in [5.74, 6) is -1.87. The second-order valence-corrected chi connectivity index (χ2v) is 12.1. The number of hydrogen-bond donors (Lipinski definition) is 1. The number of rotatable bonds is 10. The van der Waals surface area contributed by atoms with Gasteiger partial charge in [0, 0.05) is 39.0 Å². The number of likely N-dealkylation sites (tertiary alicyclic amines) is 1. The number of benzene rings is 1. The van der Waals surface area contributed by atoms with Crippen molar-refractivity contribution in [2.45, 2.75) is 45.6 Å². The predicted octanol–water partition coefficient (Wildman–Crippen LogP) is 3.28. The lowest BCUT2D eigenvalue weighted by atomic mass is 9.96. The van der Waals surface area contributed by atoms with Crippen LogP contribution < -0.4 is 13.9 Å². The zero-order chi connectivity index (χ0) is 29.7. The van der Waals surface area contributed by atoms with Crippen LogP contribution in [-0.2, 0) is 31.1 Å². The third-order valence-electron chi connectivity index (χ3n) is 7.15. The number of carbonyl (C=O) groups is 3. The van der Waals surface area contributed by atoms with Gasteiger partial charge in [-0.05, 0) is 56.0 Å². The first-order valence-corrected chi connectivity index (χ1v) is 15.3. The largest absolute Gasteiger partial charge is 0.462 e. The molecule has 2 amide bonds. The molecular weight excluding hydrogens is 577 g/mol. The Balaban J connectivity index is 1.45. The molecule has 41 heavy (non-hydrogen) atoms. The molecule has 0 saturated carbocycles. The van der Waals surface area contributed by atoms with Crippen LogP contribution in [-0.4, -0.2) is 69.4 Å². The molecule has 0 unspecified atom stereocenters. The molecule has 3 heterocycles. The number of esters is 1. The predicted molar refractivity (Wildman–Crippen MR) is 151 cm³/mol. The minimum atomic E-state index is -4.20. The molecule has 1 aromatic heterocycles. The van der Waals surface area contributed by atoms with Gasteiger partial charge in [0.1, 0.15) is 11.6 Å². The second kappa shape index (κ2) is 13.0. The molecule has 0 radical (unpaired) electrons. The first kappa shape index (κ1) is 30.5. The number of aromatic nitrogens is 1. The Labute approximate surface area is 243 Å². The van der Waals surface area contributed by atoms with Crippen LogP contribution in [0.2, 0.25) is 5.02 Å². The summed E-state index contributed by atoms with van der Waals surface area (Å²) in [7, 11) is -2.93. The molecule has 2 aliphatic heterocycles. The van der Waals surface area contributed by atoms with Crippen LogP contribution in [0.3, 0.4) is 0 Å². The van der Waals surface area contributed by atoms with Crippen molar-refractivity contribution in [3.8, 4) is 0 Å². The maximum atomic E-state index is 13.2. The topological polar surface area (TPSA) is 129 Å². The monoisotopic (exact) mass is 609 g/mol. The van der Waals surface area contributed by atoms with E-state index in [4.69, 9.17) is 16.3 Å². The number of nitrogens with zero attached hydrogens (tertiary/aromatic N) is 4. The lowest BCUT2D eigenvalue weighted by Crippen LogP contribution is -2.47. The van der Waals surface area contributed by atoms with E-state index < -0.39 is 33.8 Å². The van der Waals surface area contributed by atoms with Crippen molar-refractivity contribution in [3.63, 3.8) is 0 Å². The molecule has 2 saturated heterocycles. The SMILES string of the molecule is CCCOC(=O)c1cc(Cl)c(N2CCC(C(=O)NS(=O)(=O)N(C)c3ccc(F)cc3)CC2)nc1CN1CCCC1=O. The van der Waals surface area contributed by atoms with Gasteiger partial charge < -0.3 is 14.5 Å². The fourth-order valence-corrected chi connectivity index (χ4v) is 6.01. The van der Waals surface area contributed by atoms with Crippen LogP contribution in [0.4, 0.5) is 15.9 Å². The Hall–Kier alpha value is -3.45. The summed E-state index contributed by atoms with van der Waals surface area (Å²) in [4.78, 5) is 46.1. The van der Waals surface area contributed by atoms with E-state index in [2.05, 4.69) is 9.71 Å². The number of pyridine rings is 1. The third kappa shape index (κ3) is 7.25. The van der Waals surface area contributed by atoms with E-state index in [0.29, 0.717) is 56.8 Å². The quantitative estimate of drug-likeness (QED) is 0.406. The minimum absolute atomic E-state index is 0.0111. The molecule has 1 aromatic carbocycles. The van der Waals surface area contributed by atoms with Crippen molar-refractivity contribution in [1.82, 2.24) is 14.6 Å². The first-order valence-electron chi connectivity index (χ1n) is 13.5. The smallest absolute Gasteiger partial charge is 0.340 e. The van der Waals surface area contributed by atoms with Gasteiger partial charge in [-0.25, -0.2) is 18.9 Å². The summed E-state index contributed by atoms with van der Waals surface area (Å²) in [6.45, 7) is 3.57. The van der Waals surface area contributed by atoms with E-state index in [-0.39, 0.29) is 35.3 Å². The first-order chi connectivity index (χ1) is 19.5. The van der Waals surface area contributed by atoms with Crippen molar-refractivity contribution in [2.24, 2.45) is 5.92 Å². The average Bonchev–Trinajstić information content (AvgIpc) is 3.36. The Kier molecular flexibility index (Phi) is 9.69. The van der Waals surface area contributed by atoms with Crippen LogP contribution in [0.15, 0.2) is 30.3 Å². The highest BCUT2D eigenvalue weighted by molar-refractivity contribution is 7.91. The highest BCUT2D eigenvalue weighted by Gasteiger charge is 2.32. The molecule has 0 atom stereocenters. The Morgan fingerprint density at radius 2 is 1.88 bits per heavy atom. The van der Waals surface area contributed by atoms with Gasteiger partial charge in [-0.1, -0.05) is 18.5 Å². The van der Waals surface area contributed by atoms with Crippen molar-refractivity contribution in [1.29, 1.82) is 0 Å². The van der Waals surface area contributed by atoms with Gasteiger partial charge in [0.25, 0.3) is 0 Å². The fourth-order valence-electron chi connectivity index (χ4n) is 4.78. The molecule has 0 aliphatic carbocycles. The van der Waals surface area contributed by atoms with E-state index in [9.17, 15) is 27.2 Å². The maximum Gasteiger partial charge on any atom is 0.340 e. The Bertz CT molecular complexity index is 1400. The Morgan fingerprint density at radius 1 is 1.20 bits per heavy atom. The molecule has 2 fully saturated rings. The summed E-state index contributed by atoms with van der Waals surface area (Å²) >= 11 is 6.57.